The van der Waals surface area contributed by atoms with Crippen molar-refractivity contribution in [3.8, 4) is 5.75 Å². The van der Waals surface area contributed by atoms with Crippen LogP contribution in [0.4, 0.5) is 0 Å². The first-order chi connectivity index (χ1) is 9.35. The van der Waals surface area contributed by atoms with Crippen LogP contribution in [0.15, 0.2) is 24.3 Å². The van der Waals surface area contributed by atoms with Gasteiger partial charge in [0.1, 0.15) is 5.75 Å². The van der Waals surface area contributed by atoms with Crippen molar-refractivity contribution in [3.63, 3.8) is 0 Å². The quantitative estimate of drug-likeness (QED) is 0.781. The minimum Gasteiger partial charge on any atom is -0.496 e. The molecule has 1 N–H and O–H groups in total. The van der Waals surface area contributed by atoms with Crippen LogP contribution in [-0.4, -0.2) is 27.3 Å². The van der Waals surface area contributed by atoms with Gasteiger partial charge < -0.3 is 14.8 Å². The molecule has 0 radical (unpaired) electrons. The van der Waals surface area contributed by atoms with E-state index in [1.165, 1.54) is 25.7 Å². The van der Waals surface area contributed by atoms with Crippen molar-refractivity contribution >= 4 is 0 Å². The number of hydrogen-bond donors (Lipinski definition) is 1. The molecule has 0 spiro atoms. The molecular formula is C16H25NO2. The smallest absolute Gasteiger partial charge is 0.124 e. The molecule has 0 saturated heterocycles. The van der Waals surface area contributed by atoms with Crippen molar-refractivity contribution in [2.24, 2.45) is 5.92 Å². The third-order valence-electron chi connectivity index (χ3n) is 3.95. The van der Waals surface area contributed by atoms with E-state index in [1.807, 2.05) is 25.2 Å². The average Bonchev–Trinajstić information content (AvgIpc) is 2.40. The van der Waals surface area contributed by atoms with Gasteiger partial charge in [-0.1, -0.05) is 37.5 Å². The molecule has 0 aromatic heterocycles. The summed E-state index contributed by atoms with van der Waals surface area (Å²) in [6, 6.07) is 8.11. The van der Waals surface area contributed by atoms with Crippen LogP contribution in [0, 0.1) is 5.92 Å². The Balaban J connectivity index is 1.93. The third-order valence-corrected chi connectivity index (χ3v) is 3.95. The van der Waals surface area contributed by atoms with Gasteiger partial charge in [0.2, 0.25) is 0 Å². The largest absolute Gasteiger partial charge is 0.496 e. The molecule has 1 aromatic carbocycles. The van der Waals surface area contributed by atoms with E-state index < -0.39 is 0 Å². The highest BCUT2D eigenvalue weighted by molar-refractivity contribution is 5.35. The van der Waals surface area contributed by atoms with Gasteiger partial charge in [0.25, 0.3) is 0 Å². The van der Waals surface area contributed by atoms with Gasteiger partial charge in [-0.3, -0.25) is 0 Å². The second-order valence-corrected chi connectivity index (χ2v) is 5.24. The zero-order chi connectivity index (χ0) is 13.5. The Kier molecular flexibility index (Phi) is 5.67. The molecule has 3 nitrogen and oxygen atoms in total. The number of likely N-dealkylation sites (N-methyl/N-ethyl adjacent to an activating group) is 1. The lowest BCUT2D eigenvalue weighted by Gasteiger charge is -2.26. The molecule has 1 atom stereocenters. The fraction of sp³-hybridized carbons (Fsp3) is 0.625. The molecule has 1 unspecified atom stereocenters. The fourth-order valence-corrected chi connectivity index (χ4v) is 2.53. The lowest BCUT2D eigenvalue weighted by atomic mass is 9.83. The zero-order valence-electron chi connectivity index (χ0n) is 12.0. The summed E-state index contributed by atoms with van der Waals surface area (Å²) in [4.78, 5) is 0. The summed E-state index contributed by atoms with van der Waals surface area (Å²) in [6.45, 7) is 1.65. The van der Waals surface area contributed by atoms with Crippen LogP contribution < -0.4 is 10.1 Å². The highest BCUT2D eigenvalue weighted by atomic mass is 16.5. The standard InChI is InChI=1S/C16H25NO2/c1-17-12-16(19-11-10-13-6-5-7-13)14-8-3-4-9-15(14)18-2/h3-4,8-9,13,16-17H,5-7,10-12H2,1-2H3. The Bertz CT molecular complexity index is 377. The van der Waals surface area contributed by atoms with E-state index in [-0.39, 0.29) is 6.10 Å². The van der Waals surface area contributed by atoms with Gasteiger partial charge in [0.05, 0.1) is 13.2 Å². The van der Waals surface area contributed by atoms with E-state index in [4.69, 9.17) is 9.47 Å². The molecule has 106 valence electrons. The summed E-state index contributed by atoms with van der Waals surface area (Å²) in [7, 11) is 3.67. The van der Waals surface area contributed by atoms with E-state index in [0.717, 1.165) is 30.4 Å². The Morgan fingerprint density at radius 1 is 1.32 bits per heavy atom. The Morgan fingerprint density at radius 2 is 2.11 bits per heavy atom. The van der Waals surface area contributed by atoms with Crippen molar-refractivity contribution in [2.45, 2.75) is 31.8 Å². The molecule has 0 bridgehead atoms. The number of hydrogen-bond acceptors (Lipinski definition) is 3. The predicted octanol–water partition coefficient (Wildman–Crippen LogP) is 3.16. The lowest BCUT2D eigenvalue weighted by molar-refractivity contribution is 0.0369. The summed E-state index contributed by atoms with van der Waals surface area (Å²) >= 11 is 0. The molecule has 2 rings (SSSR count). The Labute approximate surface area is 116 Å². The van der Waals surface area contributed by atoms with Crippen LogP contribution in [0.3, 0.4) is 0 Å². The van der Waals surface area contributed by atoms with Crippen LogP contribution in [0.1, 0.15) is 37.4 Å². The minimum atomic E-state index is 0.0706. The van der Waals surface area contributed by atoms with E-state index in [9.17, 15) is 0 Å². The fourth-order valence-electron chi connectivity index (χ4n) is 2.53. The van der Waals surface area contributed by atoms with Gasteiger partial charge in [0.15, 0.2) is 0 Å². The lowest BCUT2D eigenvalue weighted by Crippen LogP contribution is -2.22. The van der Waals surface area contributed by atoms with Gasteiger partial charge in [-0.05, 0) is 25.5 Å². The summed E-state index contributed by atoms with van der Waals surface area (Å²) < 4.78 is 11.5. The molecule has 1 aliphatic rings. The Morgan fingerprint density at radius 3 is 2.74 bits per heavy atom. The molecule has 1 aromatic rings. The van der Waals surface area contributed by atoms with Crippen molar-refractivity contribution in [1.29, 1.82) is 0 Å². The summed E-state index contributed by atoms with van der Waals surface area (Å²) in [6.07, 6.45) is 5.43. The minimum absolute atomic E-state index is 0.0706. The Hall–Kier alpha value is -1.06. The summed E-state index contributed by atoms with van der Waals surface area (Å²) in [5, 5.41) is 3.20. The first-order valence-electron chi connectivity index (χ1n) is 7.24. The molecule has 0 heterocycles. The maximum absolute atomic E-state index is 6.07. The highest BCUT2D eigenvalue weighted by Crippen LogP contribution is 2.31. The van der Waals surface area contributed by atoms with Crippen LogP contribution in [0.2, 0.25) is 0 Å². The number of para-hydroxylation sites is 1. The molecule has 19 heavy (non-hydrogen) atoms. The third kappa shape index (κ3) is 3.95. The van der Waals surface area contributed by atoms with Crippen LogP contribution in [-0.2, 0) is 4.74 Å². The molecule has 1 aliphatic carbocycles. The molecule has 0 aliphatic heterocycles. The monoisotopic (exact) mass is 263 g/mol. The second kappa shape index (κ2) is 7.51. The molecule has 3 heteroatoms. The molecule has 1 saturated carbocycles. The number of nitrogens with one attached hydrogen (secondary N) is 1. The van der Waals surface area contributed by atoms with Gasteiger partial charge in [-0.25, -0.2) is 0 Å². The highest BCUT2D eigenvalue weighted by Gasteiger charge is 2.19. The number of benzene rings is 1. The summed E-state index contributed by atoms with van der Waals surface area (Å²) in [5.74, 6) is 1.80. The van der Waals surface area contributed by atoms with Crippen molar-refractivity contribution < 1.29 is 9.47 Å². The average molecular weight is 263 g/mol. The molecule has 0 amide bonds. The molecular weight excluding hydrogens is 238 g/mol. The number of rotatable bonds is 8. The second-order valence-electron chi connectivity index (χ2n) is 5.24. The van der Waals surface area contributed by atoms with Crippen LogP contribution in [0.5, 0.6) is 5.75 Å². The normalized spacial score (nSPS) is 16.9. The van der Waals surface area contributed by atoms with E-state index >= 15 is 0 Å². The SMILES string of the molecule is CNCC(OCCC1CCC1)c1ccccc1OC. The van der Waals surface area contributed by atoms with Gasteiger partial charge in [0, 0.05) is 18.7 Å². The topological polar surface area (TPSA) is 30.5 Å². The van der Waals surface area contributed by atoms with E-state index in [0.29, 0.717) is 0 Å². The number of ether oxygens (including phenoxy) is 2. The zero-order valence-corrected chi connectivity index (χ0v) is 12.0. The summed E-state index contributed by atoms with van der Waals surface area (Å²) in [5.41, 5.74) is 1.13. The first-order valence-corrected chi connectivity index (χ1v) is 7.24. The van der Waals surface area contributed by atoms with Gasteiger partial charge >= 0.3 is 0 Å². The van der Waals surface area contributed by atoms with Crippen LogP contribution in [0.25, 0.3) is 0 Å². The predicted molar refractivity (Wildman–Crippen MR) is 77.6 cm³/mol. The van der Waals surface area contributed by atoms with Gasteiger partial charge in [-0.2, -0.15) is 0 Å². The first kappa shape index (κ1) is 14.4. The van der Waals surface area contributed by atoms with E-state index in [2.05, 4.69) is 11.4 Å². The maximum Gasteiger partial charge on any atom is 0.124 e. The van der Waals surface area contributed by atoms with Crippen LogP contribution >= 0.6 is 0 Å². The maximum atomic E-state index is 6.07. The number of methoxy groups -OCH3 is 1. The van der Waals surface area contributed by atoms with Crippen molar-refractivity contribution in [1.82, 2.24) is 5.32 Å². The molecule has 1 fully saturated rings. The van der Waals surface area contributed by atoms with Gasteiger partial charge in [-0.15, -0.1) is 0 Å². The van der Waals surface area contributed by atoms with Crippen molar-refractivity contribution in [2.75, 3.05) is 27.3 Å². The van der Waals surface area contributed by atoms with E-state index in [1.54, 1.807) is 7.11 Å². The van der Waals surface area contributed by atoms with Crippen molar-refractivity contribution in [3.05, 3.63) is 29.8 Å².